The van der Waals surface area contributed by atoms with Gasteiger partial charge in [0.1, 0.15) is 5.75 Å². The second-order valence-electron chi connectivity index (χ2n) is 4.71. The van der Waals surface area contributed by atoms with Crippen molar-refractivity contribution in [3.8, 4) is 5.75 Å². The fourth-order valence-electron chi connectivity index (χ4n) is 1.54. The van der Waals surface area contributed by atoms with Crippen molar-refractivity contribution in [2.24, 2.45) is 0 Å². The average Bonchev–Trinajstić information content (AvgIpc) is 2.36. The Morgan fingerprint density at radius 2 is 1.85 bits per heavy atom. The average molecular weight is 280 g/mol. The molecule has 1 aromatic carbocycles. The first-order valence-corrected chi connectivity index (χ1v) is 6.29. The van der Waals surface area contributed by atoms with Crippen LogP contribution < -0.4 is 15.8 Å². The van der Waals surface area contributed by atoms with Gasteiger partial charge in [0.15, 0.2) is 6.10 Å². The second kappa shape index (κ2) is 6.79. The van der Waals surface area contributed by atoms with Crippen LogP contribution in [-0.4, -0.2) is 31.1 Å². The molecule has 1 aromatic rings. The predicted molar refractivity (Wildman–Crippen MR) is 75.6 cm³/mol. The number of nitrogen functional groups attached to an aromatic ring is 1. The minimum atomic E-state index is -0.877. The molecule has 110 valence electrons. The van der Waals surface area contributed by atoms with Gasteiger partial charge in [0.05, 0.1) is 12.7 Å². The van der Waals surface area contributed by atoms with Crippen molar-refractivity contribution in [1.82, 2.24) is 5.32 Å². The van der Waals surface area contributed by atoms with Crippen molar-refractivity contribution in [3.63, 3.8) is 0 Å². The van der Waals surface area contributed by atoms with Crippen LogP contribution in [0.5, 0.6) is 5.75 Å². The Morgan fingerprint density at radius 3 is 2.40 bits per heavy atom. The Balaban J connectivity index is 2.76. The third kappa shape index (κ3) is 4.46. The first kappa shape index (κ1) is 15.8. The molecule has 1 amide bonds. The lowest BCUT2D eigenvalue weighted by molar-refractivity contribution is -0.129. The molecule has 0 heterocycles. The zero-order chi connectivity index (χ0) is 15.3. The Kier molecular flexibility index (Phi) is 5.37. The number of nitrogens with one attached hydrogen (secondary N) is 1. The minimum absolute atomic E-state index is 0.0175. The number of amides is 1. The maximum absolute atomic E-state index is 12.0. The summed E-state index contributed by atoms with van der Waals surface area (Å²) in [6.45, 7) is 5.17. The molecular weight excluding hydrogens is 260 g/mol. The lowest BCUT2D eigenvalue weighted by atomic mass is 10.2. The number of carbonyl (C=O) groups is 2. The molecule has 6 heteroatoms. The zero-order valence-corrected chi connectivity index (χ0v) is 12.1. The third-order valence-electron chi connectivity index (χ3n) is 2.48. The molecule has 0 radical (unpaired) electrons. The summed E-state index contributed by atoms with van der Waals surface area (Å²) in [5, 5.41) is 2.67. The van der Waals surface area contributed by atoms with Gasteiger partial charge in [0, 0.05) is 17.8 Å². The quantitative estimate of drug-likeness (QED) is 0.627. The fraction of sp³-hybridized carbons (Fsp3) is 0.429. The van der Waals surface area contributed by atoms with Gasteiger partial charge in [-0.15, -0.1) is 0 Å². The molecule has 6 nitrogen and oxygen atoms in total. The molecule has 0 spiro atoms. The highest BCUT2D eigenvalue weighted by atomic mass is 16.5. The van der Waals surface area contributed by atoms with E-state index in [0.717, 1.165) is 0 Å². The van der Waals surface area contributed by atoms with Crippen LogP contribution in [0.2, 0.25) is 0 Å². The van der Waals surface area contributed by atoms with Crippen LogP contribution in [0.4, 0.5) is 5.69 Å². The van der Waals surface area contributed by atoms with Crippen LogP contribution >= 0.6 is 0 Å². The molecule has 1 rings (SSSR count). The second-order valence-corrected chi connectivity index (χ2v) is 4.71. The van der Waals surface area contributed by atoms with E-state index in [4.69, 9.17) is 15.2 Å². The molecule has 0 bridgehead atoms. The minimum Gasteiger partial charge on any atom is -0.497 e. The summed E-state index contributed by atoms with van der Waals surface area (Å²) in [4.78, 5) is 23.6. The van der Waals surface area contributed by atoms with Crippen molar-refractivity contribution in [2.75, 3.05) is 12.8 Å². The Bertz CT molecular complexity index is 500. The van der Waals surface area contributed by atoms with E-state index in [1.807, 2.05) is 13.8 Å². The highest BCUT2D eigenvalue weighted by molar-refractivity contribution is 5.93. The molecular formula is C14H20N2O4. The number of rotatable bonds is 5. The molecule has 3 N–H and O–H groups in total. The summed E-state index contributed by atoms with van der Waals surface area (Å²) in [5.74, 6) is -0.512. The van der Waals surface area contributed by atoms with Crippen LogP contribution in [0.15, 0.2) is 18.2 Å². The fourth-order valence-corrected chi connectivity index (χ4v) is 1.54. The van der Waals surface area contributed by atoms with Crippen molar-refractivity contribution in [3.05, 3.63) is 23.8 Å². The van der Waals surface area contributed by atoms with Crippen LogP contribution in [0.25, 0.3) is 0 Å². The summed E-state index contributed by atoms with van der Waals surface area (Å²) in [7, 11) is 1.47. The van der Waals surface area contributed by atoms with E-state index in [1.54, 1.807) is 6.07 Å². The lowest BCUT2D eigenvalue weighted by Crippen LogP contribution is -2.39. The smallest absolute Gasteiger partial charge is 0.339 e. The molecule has 0 aliphatic carbocycles. The summed E-state index contributed by atoms with van der Waals surface area (Å²) in [6.07, 6.45) is -0.877. The molecule has 0 aliphatic heterocycles. The maximum atomic E-state index is 12.0. The Hall–Kier alpha value is -2.24. The molecule has 1 atom stereocenters. The number of nitrogens with two attached hydrogens (primary N) is 1. The van der Waals surface area contributed by atoms with E-state index >= 15 is 0 Å². The number of benzene rings is 1. The number of hydrogen-bond donors (Lipinski definition) is 2. The predicted octanol–water partition coefficient (Wildman–Crippen LogP) is 1.35. The number of anilines is 1. The summed E-state index contributed by atoms with van der Waals surface area (Å²) >= 11 is 0. The van der Waals surface area contributed by atoms with E-state index < -0.39 is 12.1 Å². The van der Waals surface area contributed by atoms with Gasteiger partial charge in [-0.25, -0.2) is 4.79 Å². The molecule has 20 heavy (non-hydrogen) atoms. The van der Waals surface area contributed by atoms with Crippen LogP contribution in [0.3, 0.4) is 0 Å². The molecule has 0 fully saturated rings. The molecule has 0 saturated heterocycles. The maximum Gasteiger partial charge on any atom is 0.339 e. The van der Waals surface area contributed by atoms with Gasteiger partial charge >= 0.3 is 5.97 Å². The molecule has 0 saturated carbocycles. The first-order valence-electron chi connectivity index (χ1n) is 6.29. The standard InChI is InChI=1S/C14H20N2O4/c1-8(2)16-13(17)9(3)20-14(18)10-5-11(15)7-12(6-10)19-4/h5-9H,15H2,1-4H3,(H,16,17). The molecule has 1 unspecified atom stereocenters. The van der Waals surface area contributed by atoms with Gasteiger partial charge in [0.25, 0.3) is 5.91 Å². The lowest BCUT2D eigenvalue weighted by Gasteiger charge is -2.15. The number of methoxy groups -OCH3 is 1. The van der Waals surface area contributed by atoms with Crippen molar-refractivity contribution in [2.45, 2.75) is 32.9 Å². The first-order chi connectivity index (χ1) is 9.33. The van der Waals surface area contributed by atoms with Gasteiger partial charge in [-0.05, 0) is 32.9 Å². The Labute approximate surface area is 118 Å². The summed E-state index contributed by atoms with van der Waals surface area (Å²) < 4.78 is 10.1. The van der Waals surface area contributed by atoms with Gasteiger partial charge in [-0.3, -0.25) is 4.79 Å². The van der Waals surface area contributed by atoms with E-state index in [1.165, 1.54) is 26.2 Å². The highest BCUT2D eigenvalue weighted by Gasteiger charge is 2.20. The monoisotopic (exact) mass is 280 g/mol. The van der Waals surface area contributed by atoms with Crippen molar-refractivity contribution < 1.29 is 19.1 Å². The van der Waals surface area contributed by atoms with Crippen LogP contribution in [-0.2, 0) is 9.53 Å². The van der Waals surface area contributed by atoms with E-state index in [9.17, 15) is 9.59 Å². The van der Waals surface area contributed by atoms with Gasteiger partial charge in [-0.1, -0.05) is 0 Å². The van der Waals surface area contributed by atoms with E-state index in [-0.39, 0.29) is 17.5 Å². The van der Waals surface area contributed by atoms with Gasteiger partial charge in [-0.2, -0.15) is 0 Å². The summed E-state index contributed by atoms with van der Waals surface area (Å²) in [5.41, 5.74) is 6.29. The zero-order valence-electron chi connectivity index (χ0n) is 12.1. The number of hydrogen-bond acceptors (Lipinski definition) is 5. The van der Waals surface area contributed by atoms with Crippen LogP contribution in [0, 0.1) is 0 Å². The Morgan fingerprint density at radius 1 is 1.20 bits per heavy atom. The molecule has 0 aromatic heterocycles. The number of ether oxygens (including phenoxy) is 2. The SMILES string of the molecule is COc1cc(N)cc(C(=O)OC(C)C(=O)NC(C)C)c1. The largest absolute Gasteiger partial charge is 0.497 e. The van der Waals surface area contributed by atoms with Crippen molar-refractivity contribution in [1.29, 1.82) is 0 Å². The summed E-state index contributed by atoms with van der Waals surface area (Å²) in [6, 6.07) is 4.55. The normalized spacial score (nSPS) is 11.8. The van der Waals surface area contributed by atoms with Gasteiger partial charge < -0.3 is 20.5 Å². The van der Waals surface area contributed by atoms with Gasteiger partial charge in [0.2, 0.25) is 0 Å². The van der Waals surface area contributed by atoms with Crippen molar-refractivity contribution >= 4 is 17.6 Å². The number of carbonyl (C=O) groups excluding carboxylic acids is 2. The van der Waals surface area contributed by atoms with E-state index in [2.05, 4.69) is 5.32 Å². The highest BCUT2D eigenvalue weighted by Crippen LogP contribution is 2.19. The topological polar surface area (TPSA) is 90.7 Å². The third-order valence-corrected chi connectivity index (χ3v) is 2.48. The number of esters is 1. The van der Waals surface area contributed by atoms with E-state index in [0.29, 0.717) is 11.4 Å². The van der Waals surface area contributed by atoms with Crippen LogP contribution in [0.1, 0.15) is 31.1 Å². The molecule has 0 aliphatic rings.